The van der Waals surface area contributed by atoms with Gasteiger partial charge in [0.2, 0.25) is 10.0 Å². The molecule has 2 N–H and O–H groups in total. The third-order valence-corrected chi connectivity index (χ3v) is 6.39. The molecule has 3 rings (SSSR count). The van der Waals surface area contributed by atoms with Gasteiger partial charge in [0.1, 0.15) is 0 Å². The maximum atomic E-state index is 13.2. The van der Waals surface area contributed by atoms with Crippen molar-refractivity contribution >= 4 is 20.8 Å². The molecule has 0 amide bonds. The molecule has 0 saturated carbocycles. The normalized spacial score (nSPS) is 20.5. The molecular formula is C16H21N3O3S. The van der Waals surface area contributed by atoms with Crippen LogP contribution in [0.25, 0.3) is 10.8 Å². The molecule has 1 aromatic heterocycles. The number of aryl methyl sites for hydroxylation is 1. The van der Waals surface area contributed by atoms with Gasteiger partial charge in [-0.2, -0.15) is 4.31 Å². The molecular weight excluding hydrogens is 314 g/mol. The van der Waals surface area contributed by atoms with Crippen molar-refractivity contribution in [3.05, 3.63) is 40.3 Å². The first-order valence-corrected chi connectivity index (χ1v) is 9.20. The van der Waals surface area contributed by atoms with Crippen molar-refractivity contribution in [3.8, 4) is 0 Å². The van der Waals surface area contributed by atoms with Gasteiger partial charge in [0.05, 0.1) is 4.90 Å². The fourth-order valence-corrected chi connectivity index (χ4v) is 5.09. The molecule has 1 saturated heterocycles. The molecule has 0 radical (unpaired) electrons. The summed E-state index contributed by atoms with van der Waals surface area (Å²) in [6.45, 7) is 5.63. The van der Waals surface area contributed by atoms with E-state index in [1.807, 2.05) is 13.8 Å². The fraction of sp³-hybridized carbons (Fsp3) is 0.438. The van der Waals surface area contributed by atoms with Crippen LogP contribution in [-0.2, 0) is 10.0 Å². The van der Waals surface area contributed by atoms with Crippen LogP contribution in [0.3, 0.4) is 0 Å². The molecule has 2 heterocycles. The van der Waals surface area contributed by atoms with Crippen LogP contribution in [0.15, 0.2) is 34.1 Å². The zero-order valence-corrected chi connectivity index (χ0v) is 14.1. The lowest BCUT2D eigenvalue weighted by molar-refractivity contribution is 0.354. The predicted octanol–water partition coefficient (Wildman–Crippen LogP) is 1.21. The average molecular weight is 335 g/mol. The number of H-pyrrole nitrogens is 1. The monoisotopic (exact) mass is 335 g/mol. The van der Waals surface area contributed by atoms with Crippen molar-refractivity contribution in [2.45, 2.75) is 31.2 Å². The SMILES string of the molecule is Cc1c[nH]c(=O)c2cccc(S(=O)(=O)N3CCCNCC3C)c12. The summed E-state index contributed by atoms with van der Waals surface area (Å²) in [7, 11) is -3.66. The lowest BCUT2D eigenvalue weighted by Gasteiger charge is -2.26. The van der Waals surface area contributed by atoms with Crippen LogP contribution in [-0.4, -0.2) is 43.4 Å². The van der Waals surface area contributed by atoms with E-state index < -0.39 is 10.0 Å². The van der Waals surface area contributed by atoms with Crippen molar-refractivity contribution in [1.82, 2.24) is 14.6 Å². The summed E-state index contributed by atoms with van der Waals surface area (Å²) in [6, 6.07) is 4.76. The Balaban J connectivity index is 2.23. The van der Waals surface area contributed by atoms with E-state index in [2.05, 4.69) is 10.3 Å². The number of nitrogens with zero attached hydrogens (tertiary/aromatic N) is 1. The minimum absolute atomic E-state index is 0.125. The van der Waals surface area contributed by atoms with Crippen LogP contribution >= 0.6 is 0 Å². The van der Waals surface area contributed by atoms with Crippen LogP contribution in [0.5, 0.6) is 0 Å². The Morgan fingerprint density at radius 2 is 2.09 bits per heavy atom. The van der Waals surface area contributed by atoms with E-state index in [0.717, 1.165) is 18.5 Å². The quantitative estimate of drug-likeness (QED) is 0.864. The van der Waals surface area contributed by atoms with Gasteiger partial charge < -0.3 is 10.3 Å². The summed E-state index contributed by atoms with van der Waals surface area (Å²) in [5, 5.41) is 4.17. The minimum atomic E-state index is -3.66. The number of hydrogen-bond donors (Lipinski definition) is 2. The van der Waals surface area contributed by atoms with Crippen molar-refractivity contribution in [3.63, 3.8) is 0 Å². The molecule has 1 aliphatic heterocycles. The van der Waals surface area contributed by atoms with Gasteiger partial charge in [0.15, 0.2) is 0 Å². The standard InChI is InChI=1S/C16H21N3O3S/c1-11-9-18-16(20)13-5-3-6-14(15(11)13)23(21,22)19-8-4-7-17-10-12(19)2/h3,5-6,9,12,17H,4,7-8,10H2,1-2H3,(H,18,20). The highest BCUT2D eigenvalue weighted by atomic mass is 32.2. The van der Waals surface area contributed by atoms with Crippen LogP contribution < -0.4 is 10.9 Å². The van der Waals surface area contributed by atoms with E-state index in [9.17, 15) is 13.2 Å². The number of aromatic nitrogens is 1. The Bertz CT molecular complexity index is 889. The highest BCUT2D eigenvalue weighted by Crippen LogP contribution is 2.28. The molecule has 6 nitrogen and oxygen atoms in total. The Labute approximate surface area is 135 Å². The van der Waals surface area contributed by atoms with E-state index in [4.69, 9.17) is 0 Å². The fourth-order valence-electron chi connectivity index (χ4n) is 3.14. The Kier molecular flexibility index (Phi) is 4.27. The van der Waals surface area contributed by atoms with Gasteiger partial charge in [0, 0.05) is 36.1 Å². The topological polar surface area (TPSA) is 82.3 Å². The second-order valence-electron chi connectivity index (χ2n) is 6.00. The zero-order chi connectivity index (χ0) is 16.6. The first kappa shape index (κ1) is 16.2. The van der Waals surface area contributed by atoms with E-state index in [1.165, 1.54) is 0 Å². The van der Waals surface area contributed by atoms with Crippen molar-refractivity contribution < 1.29 is 8.42 Å². The molecule has 1 aromatic carbocycles. The van der Waals surface area contributed by atoms with E-state index in [-0.39, 0.29) is 16.5 Å². The third kappa shape index (κ3) is 2.80. The van der Waals surface area contributed by atoms with Gasteiger partial charge in [-0.1, -0.05) is 6.07 Å². The van der Waals surface area contributed by atoms with Gasteiger partial charge in [-0.3, -0.25) is 4.79 Å². The summed E-state index contributed by atoms with van der Waals surface area (Å²) in [5.74, 6) is 0. The number of aromatic amines is 1. The van der Waals surface area contributed by atoms with Crippen LogP contribution in [0.4, 0.5) is 0 Å². The van der Waals surface area contributed by atoms with Gasteiger partial charge in [-0.25, -0.2) is 8.42 Å². The molecule has 23 heavy (non-hydrogen) atoms. The molecule has 0 bridgehead atoms. The molecule has 7 heteroatoms. The van der Waals surface area contributed by atoms with Crippen LogP contribution in [0, 0.1) is 6.92 Å². The maximum Gasteiger partial charge on any atom is 0.255 e. The van der Waals surface area contributed by atoms with Gasteiger partial charge in [0.25, 0.3) is 5.56 Å². The largest absolute Gasteiger partial charge is 0.328 e. The molecule has 0 spiro atoms. The summed E-state index contributed by atoms with van der Waals surface area (Å²) < 4.78 is 28.0. The van der Waals surface area contributed by atoms with Gasteiger partial charge in [-0.15, -0.1) is 0 Å². The maximum absolute atomic E-state index is 13.2. The number of nitrogens with one attached hydrogen (secondary N) is 2. The Morgan fingerprint density at radius 1 is 1.30 bits per heavy atom. The second-order valence-corrected chi connectivity index (χ2v) is 7.86. The van der Waals surface area contributed by atoms with E-state index >= 15 is 0 Å². The molecule has 124 valence electrons. The van der Waals surface area contributed by atoms with E-state index in [0.29, 0.717) is 23.9 Å². The number of pyridine rings is 1. The first-order valence-electron chi connectivity index (χ1n) is 7.76. The molecule has 0 aliphatic carbocycles. The Morgan fingerprint density at radius 3 is 2.87 bits per heavy atom. The molecule has 2 aromatic rings. The lowest BCUT2D eigenvalue weighted by Crippen LogP contribution is -2.41. The van der Waals surface area contributed by atoms with Crippen LogP contribution in [0.2, 0.25) is 0 Å². The summed E-state index contributed by atoms with van der Waals surface area (Å²) in [6.07, 6.45) is 2.34. The highest BCUT2D eigenvalue weighted by molar-refractivity contribution is 7.89. The average Bonchev–Trinajstić information content (AvgIpc) is 2.75. The molecule has 1 aliphatic rings. The smallest absolute Gasteiger partial charge is 0.255 e. The third-order valence-electron chi connectivity index (χ3n) is 4.34. The number of rotatable bonds is 2. The summed E-state index contributed by atoms with van der Waals surface area (Å²) in [4.78, 5) is 14.9. The predicted molar refractivity (Wildman–Crippen MR) is 90.1 cm³/mol. The van der Waals surface area contributed by atoms with Gasteiger partial charge >= 0.3 is 0 Å². The molecule has 1 unspecified atom stereocenters. The first-order chi connectivity index (χ1) is 10.9. The van der Waals surface area contributed by atoms with Crippen molar-refractivity contribution in [2.75, 3.05) is 19.6 Å². The Hall–Kier alpha value is -1.70. The van der Waals surface area contributed by atoms with Gasteiger partial charge in [-0.05, 0) is 44.5 Å². The zero-order valence-electron chi connectivity index (χ0n) is 13.3. The number of hydrogen-bond acceptors (Lipinski definition) is 4. The van der Waals surface area contributed by atoms with Crippen molar-refractivity contribution in [1.29, 1.82) is 0 Å². The highest BCUT2D eigenvalue weighted by Gasteiger charge is 2.31. The summed E-state index contributed by atoms with van der Waals surface area (Å²) >= 11 is 0. The van der Waals surface area contributed by atoms with Crippen LogP contribution in [0.1, 0.15) is 18.9 Å². The summed E-state index contributed by atoms with van der Waals surface area (Å²) in [5.41, 5.74) is 0.479. The van der Waals surface area contributed by atoms with Crippen molar-refractivity contribution in [2.24, 2.45) is 0 Å². The lowest BCUT2D eigenvalue weighted by atomic mass is 10.1. The molecule has 1 fully saturated rings. The number of fused-ring (bicyclic) bond motifs is 1. The second kappa shape index (κ2) is 6.07. The minimum Gasteiger partial charge on any atom is -0.328 e. The number of benzene rings is 1. The molecule has 1 atom stereocenters. The number of sulfonamides is 1. The van der Waals surface area contributed by atoms with E-state index in [1.54, 1.807) is 28.7 Å².